The molecule has 22 heteroatoms. The molecule has 0 saturated heterocycles. The van der Waals surface area contributed by atoms with E-state index in [1.54, 1.807) is 30.3 Å². The second-order valence-corrected chi connectivity index (χ2v) is 12.6. The molecule has 0 atom stereocenters. The largest absolute Gasteiger partial charge is 0.493 e. The summed E-state index contributed by atoms with van der Waals surface area (Å²) in [5.74, 6) is 0.283. The van der Waals surface area contributed by atoms with Gasteiger partial charge in [-0.15, -0.1) is 0 Å². The number of carbonyl (C=O) groups excluding carboxylic acids is 1. The summed E-state index contributed by atoms with van der Waals surface area (Å²) < 4.78 is 114. The number of nitrogens with zero attached hydrogens (tertiary/aromatic N) is 6. The third-order valence-corrected chi connectivity index (χ3v) is 8.88. The van der Waals surface area contributed by atoms with E-state index in [-0.39, 0.29) is 35.2 Å². The number of methoxy groups -OCH3 is 4. The minimum absolute atomic E-state index is 0.0115. The number of aromatic carboxylic acids is 1. The van der Waals surface area contributed by atoms with Crippen LogP contribution in [0.15, 0.2) is 78.9 Å². The molecule has 0 aliphatic carbocycles. The van der Waals surface area contributed by atoms with Crippen molar-refractivity contribution in [1.82, 2.24) is 29.2 Å². The molecule has 316 valence electrons. The van der Waals surface area contributed by atoms with Crippen LogP contribution < -0.4 is 33.7 Å². The van der Waals surface area contributed by atoms with Gasteiger partial charge in [0.25, 0.3) is 5.91 Å². The van der Waals surface area contributed by atoms with Gasteiger partial charge in [0, 0.05) is 35.0 Å². The third-order valence-electron chi connectivity index (χ3n) is 8.88. The van der Waals surface area contributed by atoms with Gasteiger partial charge in [-0.05, 0) is 60.7 Å². The van der Waals surface area contributed by atoms with Crippen molar-refractivity contribution in [2.24, 2.45) is 0 Å². The van der Waals surface area contributed by atoms with E-state index in [9.17, 15) is 35.9 Å². The molecular formula is C39H29F6N7O9. The van der Waals surface area contributed by atoms with E-state index < -0.39 is 41.3 Å². The van der Waals surface area contributed by atoms with E-state index in [1.807, 2.05) is 0 Å². The lowest BCUT2D eigenvalue weighted by Gasteiger charge is -2.12. The molecule has 3 aromatic carbocycles. The van der Waals surface area contributed by atoms with Crippen LogP contribution in [0.4, 0.5) is 32.0 Å². The number of halogens is 6. The number of anilines is 1. The second-order valence-electron chi connectivity index (χ2n) is 12.6. The van der Waals surface area contributed by atoms with Crippen molar-refractivity contribution in [3.63, 3.8) is 0 Å². The van der Waals surface area contributed by atoms with Crippen LogP contribution >= 0.6 is 0 Å². The van der Waals surface area contributed by atoms with E-state index in [2.05, 4.69) is 25.5 Å². The Hall–Kier alpha value is -7.78. The maximum absolute atomic E-state index is 13.9. The van der Waals surface area contributed by atoms with Crippen LogP contribution in [0.3, 0.4) is 0 Å². The lowest BCUT2D eigenvalue weighted by atomic mass is 10.1. The number of fused-ring (bicyclic) bond motifs is 3. The summed E-state index contributed by atoms with van der Waals surface area (Å²) in [6, 6.07) is 17.7. The van der Waals surface area contributed by atoms with E-state index >= 15 is 0 Å². The first-order valence-electron chi connectivity index (χ1n) is 17.4. The fourth-order valence-corrected chi connectivity index (χ4v) is 6.02. The van der Waals surface area contributed by atoms with Crippen LogP contribution in [0.25, 0.3) is 33.8 Å². The van der Waals surface area contributed by atoms with Gasteiger partial charge in [-0.3, -0.25) is 4.79 Å². The topological polar surface area (TPSA) is 182 Å². The van der Waals surface area contributed by atoms with Crippen LogP contribution in [0.2, 0.25) is 0 Å². The monoisotopic (exact) mass is 853 g/mol. The van der Waals surface area contributed by atoms with Gasteiger partial charge in [0.1, 0.15) is 0 Å². The van der Waals surface area contributed by atoms with Gasteiger partial charge < -0.3 is 38.8 Å². The van der Waals surface area contributed by atoms with Crippen molar-refractivity contribution in [3.8, 4) is 57.0 Å². The zero-order valence-electron chi connectivity index (χ0n) is 31.9. The number of carbonyl (C=O) groups is 2. The first kappa shape index (κ1) is 41.4. The highest BCUT2D eigenvalue weighted by Gasteiger charge is 2.37. The fourth-order valence-electron chi connectivity index (χ4n) is 6.02. The molecule has 0 radical (unpaired) electrons. The lowest BCUT2D eigenvalue weighted by molar-refractivity contribution is -0.143. The number of rotatable bonds is 9. The van der Waals surface area contributed by atoms with Crippen molar-refractivity contribution in [3.05, 3.63) is 102 Å². The Balaban J connectivity index is 0.000000193. The highest BCUT2D eigenvalue weighted by Crippen LogP contribution is 2.38. The highest BCUT2D eigenvalue weighted by atomic mass is 19.4. The van der Waals surface area contributed by atoms with Crippen LogP contribution in [0, 0.1) is 0 Å². The predicted octanol–water partition coefficient (Wildman–Crippen LogP) is 7.54. The average molecular weight is 854 g/mol. The highest BCUT2D eigenvalue weighted by molar-refractivity contribution is 6.03. The minimum atomic E-state index is -4.76. The summed E-state index contributed by atoms with van der Waals surface area (Å²) >= 11 is 0. The molecule has 61 heavy (non-hydrogen) atoms. The quantitative estimate of drug-likeness (QED) is 0.136. The summed E-state index contributed by atoms with van der Waals surface area (Å²) in [5.41, 5.74) is -2.31. The number of carboxylic acid groups (broad SMARTS) is 1. The number of nitrogens with one attached hydrogen (secondary N) is 1. The number of ether oxygens (including phenoxy) is 6. The molecule has 0 fully saturated rings. The number of alkyl halides is 6. The fraction of sp³-hybridized carbons (Fsp3) is 0.179. The number of benzene rings is 3. The molecule has 0 saturated carbocycles. The van der Waals surface area contributed by atoms with Gasteiger partial charge in [-0.2, -0.15) is 36.5 Å². The van der Waals surface area contributed by atoms with Gasteiger partial charge in [-0.1, -0.05) is 0 Å². The smallest absolute Gasteiger partial charge is 0.433 e. The molecule has 5 heterocycles. The van der Waals surface area contributed by atoms with Gasteiger partial charge in [0.2, 0.25) is 6.79 Å². The maximum Gasteiger partial charge on any atom is 0.433 e. The molecular weight excluding hydrogens is 824 g/mol. The van der Waals surface area contributed by atoms with E-state index in [4.69, 9.17) is 33.5 Å². The molecule has 1 amide bonds. The van der Waals surface area contributed by atoms with Crippen LogP contribution in [-0.2, 0) is 12.4 Å². The summed E-state index contributed by atoms with van der Waals surface area (Å²) in [4.78, 5) is 32.2. The molecule has 8 rings (SSSR count). The number of hydrogen-bond acceptors (Lipinski definition) is 12. The summed E-state index contributed by atoms with van der Waals surface area (Å²) in [6.07, 6.45) is -9.52. The van der Waals surface area contributed by atoms with E-state index in [1.165, 1.54) is 58.8 Å². The number of aromatic nitrogens is 6. The van der Waals surface area contributed by atoms with Crippen molar-refractivity contribution in [2.75, 3.05) is 40.5 Å². The first-order chi connectivity index (χ1) is 29.0. The van der Waals surface area contributed by atoms with Gasteiger partial charge in [0.05, 0.1) is 39.8 Å². The second kappa shape index (κ2) is 16.1. The van der Waals surface area contributed by atoms with Crippen molar-refractivity contribution in [1.29, 1.82) is 0 Å². The average Bonchev–Trinajstić information content (AvgIpc) is 4.00. The minimum Gasteiger partial charge on any atom is -0.493 e. The summed E-state index contributed by atoms with van der Waals surface area (Å²) in [6.45, 7) is 0.0630. The van der Waals surface area contributed by atoms with Crippen LogP contribution in [-0.4, -0.2) is 81.4 Å². The standard InChI is InChI=1S/C23H17F3N4O5.C16H12F3N3O4/c1-32-16-5-3-12(7-18(16)33-2)14-9-20(23(24,25)26)30-21(28-14)10-15(29-30)22(31)27-13-4-6-17-19(8-13)35-11-34-17;1-25-11-4-3-8(5-12(11)26-2)9-6-13(16(17,18)19)22-14(20-9)7-10(21-22)15(23)24/h3-10H,11H2,1-2H3,(H,27,31);3-7H,1-2H3,(H,23,24). The zero-order chi connectivity index (χ0) is 43.8. The molecule has 7 aromatic rings. The number of hydrogen-bond donors (Lipinski definition) is 2. The Morgan fingerprint density at radius 1 is 0.623 bits per heavy atom. The van der Waals surface area contributed by atoms with Crippen molar-refractivity contribution in [2.45, 2.75) is 12.4 Å². The van der Waals surface area contributed by atoms with E-state index in [0.29, 0.717) is 60.3 Å². The molecule has 16 nitrogen and oxygen atoms in total. The Bertz CT molecular complexity index is 2820. The Morgan fingerprint density at radius 3 is 1.57 bits per heavy atom. The summed E-state index contributed by atoms with van der Waals surface area (Å²) in [7, 11) is 5.70. The number of amides is 1. The van der Waals surface area contributed by atoms with Crippen molar-refractivity contribution >= 4 is 28.9 Å². The molecule has 2 N–H and O–H groups in total. The Labute approximate surface area is 338 Å². The molecule has 0 unspecified atom stereocenters. The molecule has 4 aromatic heterocycles. The normalized spacial score (nSPS) is 12.2. The van der Waals surface area contributed by atoms with Crippen LogP contribution in [0.1, 0.15) is 32.4 Å². The Morgan fingerprint density at radius 2 is 1.10 bits per heavy atom. The molecule has 0 spiro atoms. The number of carboxylic acids is 1. The van der Waals surface area contributed by atoms with Gasteiger partial charge in [-0.25, -0.2) is 23.8 Å². The first-order valence-corrected chi connectivity index (χ1v) is 17.4. The third kappa shape index (κ3) is 8.40. The maximum atomic E-state index is 13.9. The van der Waals surface area contributed by atoms with Crippen LogP contribution in [0.5, 0.6) is 34.5 Å². The molecule has 1 aliphatic rings. The van der Waals surface area contributed by atoms with Gasteiger partial charge in [0.15, 0.2) is 68.6 Å². The SMILES string of the molecule is COc1ccc(-c2cc(C(F)(F)F)n3nc(C(=O)Nc4ccc5c(c4)OCO5)cc3n2)cc1OC.COc1ccc(-c2cc(C(F)(F)F)n3nc(C(=O)O)cc3n2)cc1OC. The molecule has 0 bridgehead atoms. The predicted molar refractivity (Wildman–Crippen MR) is 201 cm³/mol. The lowest BCUT2D eigenvalue weighted by Crippen LogP contribution is -2.15. The van der Waals surface area contributed by atoms with E-state index in [0.717, 1.165) is 18.2 Å². The van der Waals surface area contributed by atoms with Crippen molar-refractivity contribution < 1.29 is 69.5 Å². The summed E-state index contributed by atoms with van der Waals surface area (Å²) in [5, 5.41) is 18.9. The zero-order valence-corrected chi connectivity index (χ0v) is 31.9. The molecule has 1 aliphatic heterocycles. The van der Waals surface area contributed by atoms with Gasteiger partial charge >= 0.3 is 18.3 Å². The Kier molecular flexibility index (Phi) is 10.9.